The number of unbranched alkanes of at least 4 members (excludes halogenated alkanes) is 1. The van der Waals surface area contributed by atoms with Gasteiger partial charge in [-0.2, -0.15) is 0 Å². The lowest BCUT2D eigenvalue weighted by atomic mass is 10.2. The first kappa shape index (κ1) is 9.21. The van der Waals surface area contributed by atoms with Crippen molar-refractivity contribution in [1.29, 1.82) is 0 Å². The predicted molar refractivity (Wildman–Crippen MR) is 55.2 cm³/mol. The molecule has 0 fully saturated rings. The number of fused-ring (bicyclic) bond motifs is 1. The molecular formula is C11H14N2O. The zero-order valence-electron chi connectivity index (χ0n) is 8.06. The minimum atomic E-state index is 0.278. The Kier molecular flexibility index (Phi) is 2.79. The summed E-state index contributed by atoms with van der Waals surface area (Å²) in [6.45, 7) is 0.278. The van der Waals surface area contributed by atoms with E-state index in [0.717, 1.165) is 24.9 Å². The van der Waals surface area contributed by atoms with Gasteiger partial charge in [-0.25, -0.2) is 4.98 Å². The second kappa shape index (κ2) is 4.24. The summed E-state index contributed by atoms with van der Waals surface area (Å²) in [7, 11) is 0. The average Bonchev–Trinajstić information content (AvgIpc) is 2.67. The van der Waals surface area contributed by atoms with Crippen LogP contribution in [0.15, 0.2) is 30.6 Å². The standard InChI is InChI=1S/C11H14N2O/c14-9-2-1-4-10-5-3-6-11-12-7-8-13(10)11/h3,5-8,14H,1-2,4,9H2. The highest BCUT2D eigenvalue weighted by atomic mass is 16.2. The van der Waals surface area contributed by atoms with Gasteiger partial charge in [0.15, 0.2) is 0 Å². The Hall–Kier alpha value is -1.35. The third-order valence-corrected chi connectivity index (χ3v) is 2.35. The topological polar surface area (TPSA) is 37.5 Å². The molecule has 0 amide bonds. The first-order chi connectivity index (χ1) is 6.92. The van der Waals surface area contributed by atoms with Crippen LogP contribution in [0, 0.1) is 0 Å². The minimum absolute atomic E-state index is 0.278. The van der Waals surface area contributed by atoms with Crippen LogP contribution in [0.25, 0.3) is 5.65 Å². The highest BCUT2D eigenvalue weighted by Gasteiger charge is 1.99. The van der Waals surface area contributed by atoms with Crippen LogP contribution in [-0.2, 0) is 6.42 Å². The van der Waals surface area contributed by atoms with E-state index in [9.17, 15) is 0 Å². The van der Waals surface area contributed by atoms with Crippen molar-refractivity contribution in [1.82, 2.24) is 9.38 Å². The molecule has 0 saturated carbocycles. The van der Waals surface area contributed by atoms with E-state index in [1.54, 1.807) is 0 Å². The molecule has 3 nitrogen and oxygen atoms in total. The molecule has 0 aliphatic rings. The summed E-state index contributed by atoms with van der Waals surface area (Å²) in [6.07, 6.45) is 6.67. The highest BCUT2D eigenvalue weighted by Crippen LogP contribution is 2.08. The van der Waals surface area contributed by atoms with Crippen molar-refractivity contribution in [2.24, 2.45) is 0 Å². The van der Waals surface area contributed by atoms with Gasteiger partial charge in [-0.1, -0.05) is 6.07 Å². The molecule has 14 heavy (non-hydrogen) atoms. The van der Waals surface area contributed by atoms with E-state index in [1.807, 2.05) is 24.5 Å². The molecule has 0 atom stereocenters. The summed E-state index contributed by atoms with van der Waals surface area (Å²) in [5.41, 5.74) is 2.25. The molecule has 0 unspecified atom stereocenters. The number of imidazole rings is 1. The number of hydrogen-bond acceptors (Lipinski definition) is 2. The SMILES string of the molecule is OCCCCc1cccc2nccn12. The van der Waals surface area contributed by atoms with Crippen molar-refractivity contribution in [2.45, 2.75) is 19.3 Å². The fourth-order valence-corrected chi connectivity index (χ4v) is 1.63. The number of hydrogen-bond donors (Lipinski definition) is 1. The number of rotatable bonds is 4. The first-order valence-corrected chi connectivity index (χ1v) is 4.93. The molecule has 2 aromatic rings. The van der Waals surface area contributed by atoms with E-state index in [4.69, 9.17) is 5.11 Å². The Bertz CT molecular complexity index is 408. The zero-order valence-corrected chi connectivity index (χ0v) is 8.06. The van der Waals surface area contributed by atoms with Gasteiger partial charge in [0.05, 0.1) is 0 Å². The van der Waals surface area contributed by atoms with E-state index in [2.05, 4.69) is 15.5 Å². The summed E-state index contributed by atoms with van der Waals surface area (Å²) in [5.74, 6) is 0. The van der Waals surface area contributed by atoms with Gasteiger partial charge in [0.25, 0.3) is 0 Å². The van der Waals surface area contributed by atoms with Crippen LogP contribution in [0.4, 0.5) is 0 Å². The molecular weight excluding hydrogens is 176 g/mol. The van der Waals surface area contributed by atoms with Gasteiger partial charge in [-0.15, -0.1) is 0 Å². The molecule has 0 saturated heterocycles. The maximum absolute atomic E-state index is 8.70. The largest absolute Gasteiger partial charge is 0.396 e. The maximum Gasteiger partial charge on any atom is 0.136 e. The van der Waals surface area contributed by atoms with Crippen molar-refractivity contribution < 1.29 is 5.11 Å². The third-order valence-electron chi connectivity index (χ3n) is 2.35. The fourth-order valence-electron chi connectivity index (χ4n) is 1.63. The summed E-state index contributed by atoms with van der Waals surface area (Å²) >= 11 is 0. The van der Waals surface area contributed by atoms with E-state index in [0.29, 0.717) is 0 Å². The Balaban J connectivity index is 2.19. The summed E-state index contributed by atoms with van der Waals surface area (Å²) < 4.78 is 2.09. The fraction of sp³-hybridized carbons (Fsp3) is 0.364. The van der Waals surface area contributed by atoms with Crippen LogP contribution in [0.3, 0.4) is 0 Å². The van der Waals surface area contributed by atoms with Gasteiger partial charge >= 0.3 is 0 Å². The van der Waals surface area contributed by atoms with E-state index >= 15 is 0 Å². The minimum Gasteiger partial charge on any atom is -0.396 e. The predicted octanol–water partition coefficient (Wildman–Crippen LogP) is 1.65. The third kappa shape index (κ3) is 1.77. The van der Waals surface area contributed by atoms with Crippen LogP contribution < -0.4 is 0 Å². The van der Waals surface area contributed by atoms with Gasteiger partial charge in [0.1, 0.15) is 5.65 Å². The van der Waals surface area contributed by atoms with Gasteiger partial charge in [-0.05, 0) is 31.4 Å². The smallest absolute Gasteiger partial charge is 0.136 e. The van der Waals surface area contributed by atoms with Crippen molar-refractivity contribution in [3.63, 3.8) is 0 Å². The summed E-state index contributed by atoms with van der Waals surface area (Å²) in [4.78, 5) is 4.22. The number of aryl methyl sites for hydroxylation is 1. The highest BCUT2D eigenvalue weighted by molar-refractivity contribution is 5.39. The lowest BCUT2D eigenvalue weighted by Crippen LogP contribution is -1.96. The number of aliphatic hydroxyl groups excluding tert-OH is 1. The number of aliphatic hydroxyl groups is 1. The molecule has 0 radical (unpaired) electrons. The molecule has 3 heteroatoms. The van der Waals surface area contributed by atoms with Gasteiger partial charge in [0, 0.05) is 24.7 Å². The number of aromatic nitrogens is 2. The Morgan fingerprint density at radius 3 is 3.07 bits per heavy atom. The summed E-state index contributed by atoms with van der Waals surface area (Å²) in [6, 6.07) is 6.12. The molecule has 0 spiro atoms. The molecule has 1 N–H and O–H groups in total. The molecule has 2 heterocycles. The van der Waals surface area contributed by atoms with Crippen molar-refractivity contribution in [2.75, 3.05) is 6.61 Å². The van der Waals surface area contributed by atoms with Gasteiger partial charge in [-0.3, -0.25) is 0 Å². The molecule has 74 valence electrons. The monoisotopic (exact) mass is 190 g/mol. The molecule has 0 aromatic carbocycles. The van der Waals surface area contributed by atoms with E-state index < -0.39 is 0 Å². The average molecular weight is 190 g/mol. The lowest BCUT2D eigenvalue weighted by molar-refractivity contribution is 0.284. The Morgan fingerprint density at radius 1 is 1.29 bits per heavy atom. The second-order valence-corrected chi connectivity index (χ2v) is 3.35. The lowest BCUT2D eigenvalue weighted by Gasteiger charge is -2.03. The number of nitrogens with zero attached hydrogens (tertiary/aromatic N) is 2. The van der Waals surface area contributed by atoms with Crippen LogP contribution in [-0.4, -0.2) is 21.1 Å². The zero-order chi connectivity index (χ0) is 9.80. The molecule has 0 bridgehead atoms. The van der Waals surface area contributed by atoms with Crippen LogP contribution in [0.2, 0.25) is 0 Å². The quantitative estimate of drug-likeness (QED) is 0.744. The van der Waals surface area contributed by atoms with Crippen molar-refractivity contribution in [3.05, 3.63) is 36.3 Å². The van der Waals surface area contributed by atoms with Crippen LogP contribution >= 0.6 is 0 Å². The Labute approximate surface area is 83.0 Å². The Morgan fingerprint density at radius 2 is 2.21 bits per heavy atom. The van der Waals surface area contributed by atoms with Gasteiger partial charge < -0.3 is 9.51 Å². The van der Waals surface area contributed by atoms with Crippen molar-refractivity contribution in [3.8, 4) is 0 Å². The van der Waals surface area contributed by atoms with E-state index in [1.165, 1.54) is 5.69 Å². The molecule has 2 aromatic heterocycles. The molecule has 2 rings (SSSR count). The first-order valence-electron chi connectivity index (χ1n) is 4.93. The number of pyridine rings is 1. The maximum atomic E-state index is 8.70. The van der Waals surface area contributed by atoms with E-state index in [-0.39, 0.29) is 6.61 Å². The van der Waals surface area contributed by atoms with Crippen molar-refractivity contribution >= 4 is 5.65 Å². The second-order valence-electron chi connectivity index (χ2n) is 3.35. The molecule has 0 aliphatic heterocycles. The van der Waals surface area contributed by atoms with Crippen LogP contribution in [0.5, 0.6) is 0 Å². The van der Waals surface area contributed by atoms with Gasteiger partial charge in [0.2, 0.25) is 0 Å². The summed E-state index contributed by atoms with van der Waals surface area (Å²) in [5, 5.41) is 8.70. The van der Waals surface area contributed by atoms with Crippen LogP contribution in [0.1, 0.15) is 18.5 Å². The normalized spacial score (nSPS) is 10.9. The molecule has 0 aliphatic carbocycles.